The third kappa shape index (κ3) is 3.89. The molecule has 0 bridgehead atoms. The van der Waals surface area contributed by atoms with Gasteiger partial charge in [-0.25, -0.2) is 0 Å². The highest BCUT2D eigenvalue weighted by molar-refractivity contribution is 6.20. The number of carbonyl (C=O) groups excluding carboxylic acids is 1. The largest absolute Gasteiger partial charge is 0.491 e. The quantitative estimate of drug-likeness (QED) is 0.635. The topological polar surface area (TPSA) is 38.3 Å². The van der Waals surface area contributed by atoms with Crippen LogP contribution in [0.1, 0.15) is 60.3 Å². The predicted molar refractivity (Wildman–Crippen MR) is 81.6 cm³/mol. The number of alkyl halides is 1. The molecule has 1 N–H and O–H groups in total. The number of rotatable bonds is 6. The maximum atomic E-state index is 11.9. The molecule has 4 heteroatoms. The van der Waals surface area contributed by atoms with Crippen LogP contribution in [0.4, 0.5) is 0 Å². The summed E-state index contributed by atoms with van der Waals surface area (Å²) in [5.74, 6) is 0.577. The minimum atomic E-state index is -0.0748. The smallest absolute Gasteiger partial charge is 0.255 e. The summed E-state index contributed by atoms with van der Waals surface area (Å²) in [6.45, 7) is 3.26. The predicted octanol–water partition coefficient (Wildman–Crippen LogP) is 4.06. The average molecular weight is 296 g/mol. The van der Waals surface area contributed by atoms with Gasteiger partial charge in [-0.3, -0.25) is 4.79 Å². The van der Waals surface area contributed by atoms with E-state index in [0.29, 0.717) is 24.5 Å². The van der Waals surface area contributed by atoms with Gasteiger partial charge < -0.3 is 10.1 Å². The van der Waals surface area contributed by atoms with Crippen molar-refractivity contribution in [2.45, 2.75) is 44.4 Å². The van der Waals surface area contributed by atoms with Gasteiger partial charge in [-0.1, -0.05) is 38.7 Å². The molecule has 0 fully saturated rings. The van der Waals surface area contributed by atoms with Gasteiger partial charge >= 0.3 is 0 Å². The van der Waals surface area contributed by atoms with E-state index in [1.54, 1.807) is 0 Å². The maximum Gasteiger partial charge on any atom is 0.255 e. The minimum Gasteiger partial charge on any atom is -0.491 e. The number of hydrogen-bond acceptors (Lipinski definition) is 2. The summed E-state index contributed by atoms with van der Waals surface area (Å²) in [6, 6.07) is 5.69. The average Bonchev–Trinajstić information content (AvgIpc) is 2.65. The van der Waals surface area contributed by atoms with Gasteiger partial charge in [0.2, 0.25) is 0 Å². The Labute approximate surface area is 125 Å². The Morgan fingerprint density at radius 2 is 2.20 bits per heavy atom. The van der Waals surface area contributed by atoms with Crippen molar-refractivity contribution < 1.29 is 9.53 Å². The summed E-state index contributed by atoms with van der Waals surface area (Å²) in [5, 5.41) is 2.79. The van der Waals surface area contributed by atoms with E-state index in [9.17, 15) is 4.79 Å². The monoisotopic (exact) mass is 295 g/mol. The number of benzene rings is 1. The van der Waals surface area contributed by atoms with Crippen LogP contribution in [0.3, 0.4) is 0 Å². The zero-order valence-corrected chi connectivity index (χ0v) is 12.7. The van der Waals surface area contributed by atoms with Crippen molar-refractivity contribution in [3.8, 4) is 5.75 Å². The molecule has 2 rings (SSSR count). The molecular formula is C16H22ClNO2. The van der Waals surface area contributed by atoms with Crippen LogP contribution in [0.2, 0.25) is 0 Å². The van der Waals surface area contributed by atoms with E-state index in [1.807, 2.05) is 18.2 Å². The lowest BCUT2D eigenvalue weighted by Crippen LogP contribution is -2.24. The molecule has 0 radical (unpaired) electrons. The molecule has 1 heterocycles. The Balaban J connectivity index is 2.04. The maximum absolute atomic E-state index is 11.9. The molecule has 1 amide bonds. The summed E-state index contributed by atoms with van der Waals surface area (Å²) in [5.41, 5.74) is 1.60. The van der Waals surface area contributed by atoms with Crippen LogP contribution in [-0.4, -0.2) is 19.1 Å². The summed E-state index contributed by atoms with van der Waals surface area (Å²) < 4.78 is 5.54. The first kappa shape index (κ1) is 15.2. The molecule has 0 aromatic heterocycles. The Morgan fingerprint density at radius 3 is 3.00 bits per heavy atom. The number of amides is 1. The van der Waals surface area contributed by atoms with E-state index in [2.05, 4.69) is 12.2 Å². The fourth-order valence-corrected chi connectivity index (χ4v) is 2.67. The number of hydrogen-bond donors (Lipinski definition) is 1. The molecule has 0 spiro atoms. The van der Waals surface area contributed by atoms with E-state index < -0.39 is 0 Å². The van der Waals surface area contributed by atoms with E-state index in [1.165, 1.54) is 19.3 Å². The van der Waals surface area contributed by atoms with E-state index in [0.717, 1.165) is 18.4 Å². The van der Waals surface area contributed by atoms with Crippen molar-refractivity contribution >= 4 is 17.5 Å². The summed E-state index contributed by atoms with van der Waals surface area (Å²) in [6.07, 6.45) is 5.77. The van der Waals surface area contributed by atoms with Gasteiger partial charge in [0.05, 0.1) is 17.5 Å². The zero-order valence-electron chi connectivity index (χ0n) is 12.0. The molecule has 1 aromatic rings. The Hall–Kier alpha value is -1.22. The van der Waals surface area contributed by atoms with Crippen molar-refractivity contribution in [3.05, 3.63) is 29.3 Å². The molecule has 0 saturated heterocycles. The van der Waals surface area contributed by atoms with Crippen molar-refractivity contribution in [2.75, 3.05) is 13.2 Å². The second-order valence-electron chi connectivity index (χ2n) is 5.18. The molecule has 1 aromatic carbocycles. The van der Waals surface area contributed by atoms with Crippen LogP contribution in [-0.2, 0) is 0 Å². The molecule has 1 aliphatic rings. The van der Waals surface area contributed by atoms with Gasteiger partial charge in [-0.2, -0.15) is 0 Å². The van der Waals surface area contributed by atoms with Crippen molar-refractivity contribution in [1.29, 1.82) is 0 Å². The molecule has 110 valence electrons. The van der Waals surface area contributed by atoms with Gasteiger partial charge in [0.1, 0.15) is 12.4 Å². The molecule has 0 aliphatic carbocycles. The first-order valence-corrected chi connectivity index (χ1v) is 7.85. The van der Waals surface area contributed by atoms with E-state index in [-0.39, 0.29) is 11.3 Å². The van der Waals surface area contributed by atoms with Gasteiger partial charge in [0.25, 0.3) is 5.91 Å². The van der Waals surface area contributed by atoms with Crippen molar-refractivity contribution in [3.63, 3.8) is 0 Å². The highest BCUT2D eigenvalue weighted by atomic mass is 35.5. The summed E-state index contributed by atoms with van der Waals surface area (Å²) >= 11 is 6.44. The Bertz CT molecular complexity index is 462. The van der Waals surface area contributed by atoms with Crippen molar-refractivity contribution in [2.24, 2.45) is 0 Å². The van der Waals surface area contributed by atoms with Crippen LogP contribution >= 0.6 is 11.6 Å². The first-order chi connectivity index (χ1) is 9.72. The lowest BCUT2D eigenvalue weighted by molar-refractivity contribution is 0.0957. The number of unbranched alkanes of at least 4 members (excludes halogenated alkanes) is 3. The number of fused-ring (bicyclic) bond motifs is 1. The summed E-state index contributed by atoms with van der Waals surface area (Å²) in [4.78, 5) is 11.9. The zero-order chi connectivity index (χ0) is 14.4. The highest BCUT2D eigenvalue weighted by Crippen LogP contribution is 2.31. The second-order valence-corrected chi connectivity index (χ2v) is 5.70. The fourth-order valence-electron chi connectivity index (χ4n) is 2.38. The fraction of sp³-hybridized carbons (Fsp3) is 0.562. The van der Waals surface area contributed by atoms with Gasteiger partial charge in [0.15, 0.2) is 0 Å². The Kier molecular flexibility index (Phi) is 5.72. The molecule has 1 atom stereocenters. The standard InChI is InChI=1S/C16H22ClNO2/c1-2-3-4-5-6-14(17)12-7-8-15-13(11-12)16(19)18-9-10-20-15/h7-8,11,14H,2-6,9-10H2,1H3,(H,18,19). The first-order valence-electron chi connectivity index (χ1n) is 7.41. The van der Waals surface area contributed by atoms with E-state index in [4.69, 9.17) is 16.3 Å². The van der Waals surface area contributed by atoms with Crippen LogP contribution in [0.5, 0.6) is 5.75 Å². The Morgan fingerprint density at radius 1 is 1.35 bits per heavy atom. The SMILES string of the molecule is CCCCCCC(Cl)c1ccc2c(c1)C(=O)NCCO2. The lowest BCUT2D eigenvalue weighted by atomic mass is 10.0. The third-order valence-corrected chi connectivity index (χ3v) is 4.04. The van der Waals surface area contributed by atoms with Gasteiger partial charge in [-0.05, 0) is 24.1 Å². The van der Waals surface area contributed by atoms with Crippen LogP contribution < -0.4 is 10.1 Å². The van der Waals surface area contributed by atoms with Gasteiger partial charge in [0, 0.05) is 0 Å². The lowest BCUT2D eigenvalue weighted by Gasteiger charge is -2.12. The normalized spacial score (nSPS) is 15.8. The molecule has 1 aliphatic heterocycles. The van der Waals surface area contributed by atoms with Gasteiger partial charge in [-0.15, -0.1) is 11.6 Å². The molecular weight excluding hydrogens is 274 g/mol. The highest BCUT2D eigenvalue weighted by Gasteiger charge is 2.18. The number of carbonyl (C=O) groups is 1. The second kappa shape index (κ2) is 7.53. The molecule has 20 heavy (non-hydrogen) atoms. The van der Waals surface area contributed by atoms with E-state index >= 15 is 0 Å². The molecule has 3 nitrogen and oxygen atoms in total. The number of ether oxygens (including phenoxy) is 1. The van der Waals surface area contributed by atoms with Crippen molar-refractivity contribution in [1.82, 2.24) is 5.32 Å². The third-order valence-electron chi connectivity index (χ3n) is 3.57. The molecule has 0 saturated carbocycles. The minimum absolute atomic E-state index is 0.0341. The van der Waals surface area contributed by atoms with Crippen LogP contribution in [0, 0.1) is 0 Å². The summed E-state index contributed by atoms with van der Waals surface area (Å²) in [7, 11) is 0. The number of halogens is 1. The number of nitrogens with one attached hydrogen (secondary N) is 1. The molecule has 1 unspecified atom stereocenters. The van der Waals surface area contributed by atoms with Crippen LogP contribution in [0.25, 0.3) is 0 Å². The van der Waals surface area contributed by atoms with Crippen LogP contribution in [0.15, 0.2) is 18.2 Å².